The fraction of sp³-hybridized carbons (Fsp3) is 0.667. The highest BCUT2D eigenvalue weighted by atomic mass is 16.5. The summed E-state index contributed by atoms with van der Waals surface area (Å²) in [4.78, 5) is 0. The first kappa shape index (κ1) is 16.3. The van der Waals surface area contributed by atoms with Crippen molar-refractivity contribution in [3.63, 3.8) is 0 Å². The lowest BCUT2D eigenvalue weighted by Gasteiger charge is -2.28. The van der Waals surface area contributed by atoms with E-state index in [0.717, 1.165) is 25.1 Å². The Kier molecular flexibility index (Phi) is 6.07. The number of rotatable bonds is 8. The molecule has 1 unspecified atom stereocenters. The monoisotopic (exact) mass is 291 g/mol. The third-order valence-corrected chi connectivity index (χ3v) is 4.85. The van der Waals surface area contributed by atoms with Gasteiger partial charge in [0.1, 0.15) is 5.75 Å². The first-order valence-corrected chi connectivity index (χ1v) is 8.15. The predicted molar refractivity (Wildman–Crippen MR) is 86.8 cm³/mol. The highest BCUT2D eigenvalue weighted by molar-refractivity contribution is 5.27. The minimum atomic E-state index is 0.147. The summed E-state index contributed by atoms with van der Waals surface area (Å²) in [5.41, 5.74) is 1.50. The Morgan fingerprint density at radius 2 is 1.90 bits per heavy atom. The van der Waals surface area contributed by atoms with E-state index in [2.05, 4.69) is 24.4 Å². The molecule has 3 nitrogen and oxygen atoms in total. The number of nitrogens with one attached hydrogen (secondary N) is 1. The highest BCUT2D eigenvalue weighted by Crippen LogP contribution is 2.37. The van der Waals surface area contributed by atoms with E-state index in [1.807, 2.05) is 12.1 Å². The Balaban J connectivity index is 1.72. The van der Waals surface area contributed by atoms with Gasteiger partial charge in [-0.1, -0.05) is 25.0 Å². The van der Waals surface area contributed by atoms with Gasteiger partial charge in [-0.2, -0.15) is 0 Å². The van der Waals surface area contributed by atoms with Gasteiger partial charge in [-0.25, -0.2) is 0 Å². The van der Waals surface area contributed by atoms with Crippen LogP contribution in [0.3, 0.4) is 0 Å². The number of hydrogen-bond donors (Lipinski definition) is 2. The maximum atomic E-state index is 9.63. The zero-order valence-corrected chi connectivity index (χ0v) is 13.4. The maximum absolute atomic E-state index is 9.63. The normalized spacial score (nSPS) is 18.6. The van der Waals surface area contributed by atoms with Gasteiger partial charge in [0, 0.05) is 24.6 Å². The number of aliphatic hydroxyl groups is 1. The van der Waals surface area contributed by atoms with Crippen molar-refractivity contribution >= 4 is 0 Å². The molecular formula is C18H29NO2. The van der Waals surface area contributed by atoms with Gasteiger partial charge in [0.2, 0.25) is 0 Å². The summed E-state index contributed by atoms with van der Waals surface area (Å²) in [5, 5.41) is 13.3. The Morgan fingerprint density at radius 3 is 2.48 bits per heavy atom. The third kappa shape index (κ3) is 4.72. The lowest BCUT2D eigenvalue weighted by Crippen LogP contribution is -2.39. The SMILES string of the molecule is COc1ccc(CCC(C)NCC2(CO)CCCC2)cc1. The molecule has 2 rings (SSSR count). The summed E-state index contributed by atoms with van der Waals surface area (Å²) in [6.07, 6.45) is 7.06. The molecule has 1 saturated carbocycles. The lowest BCUT2D eigenvalue weighted by molar-refractivity contribution is 0.125. The van der Waals surface area contributed by atoms with Crippen LogP contribution in [0.2, 0.25) is 0 Å². The van der Waals surface area contributed by atoms with Gasteiger partial charge in [0.05, 0.1) is 7.11 Å². The molecule has 0 bridgehead atoms. The zero-order valence-electron chi connectivity index (χ0n) is 13.4. The van der Waals surface area contributed by atoms with Crippen molar-refractivity contribution in [1.29, 1.82) is 0 Å². The molecule has 0 heterocycles. The number of benzene rings is 1. The second kappa shape index (κ2) is 7.81. The van der Waals surface area contributed by atoms with Crippen LogP contribution < -0.4 is 10.1 Å². The fourth-order valence-electron chi connectivity index (χ4n) is 3.18. The quantitative estimate of drug-likeness (QED) is 0.773. The smallest absolute Gasteiger partial charge is 0.118 e. The number of aryl methyl sites for hydroxylation is 1. The molecule has 1 fully saturated rings. The molecule has 1 aliphatic carbocycles. The molecule has 1 aromatic carbocycles. The van der Waals surface area contributed by atoms with Gasteiger partial charge in [0.15, 0.2) is 0 Å². The topological polar surface area (TPSA) is 41.5 Å². The average Bonchev–Trinajstić information content (AvgIpc) is 3.01. The number of hydrogen-bond acceptors (Lipinski definition) is 3. The number of ether oxygens (including phenoxy) is 1. The Labute approximate surface area is 128 Å². The van der Waals surface area contributed by atoms with Crippen LogP contribution >= 0.6 is 0 Å². The van der Waals surface area contributed by atoms with Crippen LogP contribution in [0.1, 0.15) is 44.6 Å². The third-order valence-electron chi connectivity index (χ3n) is 4.85. The van der Waals surface area contributed by atoms with Crippen molar-refractivity contribution in [3.05, 3.63) is 29.8 Å². The molecule has 1 aliphatic rings. The van der Waals surface area contributed by atoms with E-state index in [0.29, 0.717) is 12.6 Å². The highest BCUT2D eigenvalue weighted by Gasteiger charge is 2.32. The van der Waals surface area contributed by atoms with Crippen molar-refractivity contribution in [3.8, 4) is 5.75 Å². The molecule has 0 saturated heterocycles. The van der Waals surface area contributed by atoms with Crippen LogP contribution in [0.5, 0.6) is 5.75 Å². The van der Waals surface area contributed by atoms with Crippen LogP contribution in [0.15, 0.2) is 24.3 Å². The molecule has 118 valence electrons. The van der Waals surface area contributed by atoms with Crippen molar-refractivity contribution in [1.82, 2.24) is 5.32 Å². The average molecular weight is 291 g/mol. The summed E-state index contributed by atoms with van der Waals surface area (Å²) in [6, 6.07) is 8.80. The van der Waals surface area contributed by atoms with Crippen LogP contribution in [0, 0.1) is 5.41 Å². The number of aliphatic hydroxyl groups excluding tert-OH is 1. The van der Waals surface area contributed by atoms with Crippen LogP contribution in [0.4, 0.5) is 0 Å². The molecule has 21 heavy (non-hydrogen) atoms. The van der Waals surface area contributed by atoms with E-state index >= 15 is 0 Å². The summed E-state index contributed by atoms with van der Waals surface area (Å²) in [6.45, 7) is 3.52. The molecule has 1 aromatic rings. The zero-order chi connectivity index (χ0) is 15.1. The van der Waals surface area contributed by atoms with E-state index in [4.69, 9.17) is 4.74 Å². The van der Waals surface area contributed by atoms with Gasteiger partial charge < -0.3 is 15.2 Å². The molecule has 0 amide bonds. The summed E-state index contributed by atoms with van der Waals surface area (Å²) in [7, 11) is 1.70. The molecule has 0 aromatic heterocycles. The van der Waals surface area contributed by atoms with Gasteiger partial charge in [-0.15, -0.1) is 0 Å². The molecule has 0 radical (unpaired) electrons. The van der Waals surface area contributed by atoms with Crippen LogP contribution in [-0.4, -0.2) is 31.4 Å². The van der Waals surface area contributed by atoms with E-state index in [-0.39, 0.29) is 5.41 Å². The minimum absolute atomic E-state index is 0.147. The Morgan fingerprint density at radius 1 is 1.24 bits per heavy atom. The van der Waals surface area contributed by atoms with Crippen molar-refractivity contribution in [2.45, 2.75) is 51.5 Å². The molecule has 0 spiro atoms. The first-order valence-electron chi connectivity index (χ1n) is 8.15. The molecule has 3 heteroatoms. The molecule has 0 aliphatic heterocycles. The summed E-state index contributed by atoms with van der Waals surface area (Å²) in [5.74, 6) is 0.913. The van der Waals surface area contributed by atoms with E-state index in [1.165, 1.54) is 31.2 Å². The standard InChI is InChI=1S/C18H29NO2/c1-15(19-13-18(14-20)11-3-4-12-18)5-6-16-7-9-17(21-2)10-8-16/h7-10,15,19-20H,3-6,11-14H2,1-2H3. The number of methoxy groups -OCH3 is 1. The van der Waals surface area contributed by atoms with Gasteiger partial charge in [-0.05, 0) is 50.3 Å². The van der Waals surface area contributed by atoms with E-state index in [1.54, 1.807) is 7.11 Å². The lowest BCUT2D eigenvalue weighted by atomic mass is 9.87. The van der Waals surface area contributed by atoms with Gasteiger partial charge in [-0.3, -0.25) is 0 Å². The largest absolute Gasteiger partial charge is 0.497 e. The Bertz CT molecular complexity index is 410. The molecular weight excluding hydrogens is 262 g/mol. The van der Waals surface area contributed by atoms with Gasteiger partial charge in [0.25, 0.3) is 0 Å². The second-order valence-electron chi connectivity index (χ2n) is 6.53. The van der Waals surface area contributed by atoms with Crippen LogP contribution in [-0.2, 0) is 6.42 Å². The van der Waals surface area contributed by atoms with E-state index < -0.39 is 0 Å². The minimum Gasteiger partial charge on any atom is -0.497 e. The maximum Gasteiger partial charge on any atom is 0.118 e. The Hall–Kier alpha value is -1.06. The van der Waals surface area contributed by atoms with Crippen molar-refractivity contribution in [2.24, 2.45) is 5.41 Å². The second-order valence-corrected chi connectivity index (χ2v) is 6.53. The van der Waals surface area contributed by atoms with Crippen molar-refractivity contribution in [2.75, 3.05) is 20.3 Å². The van der Waals surface area contributed by atoms with E-state index in [9.17, 15) is 5.11 Å². The molecule has 2 N–H and O–H groups in total. The summed E-state index contributed by atoms with van der Waals surface area (Å²) >= 11 is 0. The van der Waals surface area contributed by atoms with Crippen LogP contribution in [0.25, 0.3) is 0 Å². The molecule has 1 atom stereocenters. The van der Waals surface area contributed by atoms with Gasteiger partial charge >= 0.3 is 0 Å². The van der Waals surface area contributed by atoms with Crippen molar-refractivity contribution < 1.29 is 9.84 Å². The summed E-state index contributed by atoms with van der Waals surface area (Å²) < 4.78 is 5.18. The fourth-order valence-corrected chi connectivity index (χ4v) is 3.18. The predicted octanol–water partition coefficient (Wildman–Crippen LogP) is 3.16. The first-order chi connectivity index (χ1) is 10.2.